The Morgan fingerprint density at radius 1 is 1.22 bits per heavy atom. The van der Waals surface area contributed by atoms with Crippen molar-refractivity contribution >= 4 is 29.1 Å². The molecular weight excluding hydrogens is 244 g/mol. The van der Waals surface area contributed by atoms with Crippen LogP contribution in [0.5, 0.6) is 0 Å². The largest absolute Gasteiger partial charge is 0.323 e. The number of rotatable bonds is 3. The number of nitrogens with one attached hydrogen (secondary N) is 2. The van der Waals surface area contributed by atoms with Gasteiger partial charge in [-0.25, -0.2) is 4.79 Å². The predicted molar refractivity (Wildman–Crippen MR) is 76.7 cm³/mol. The van der Waals surface area contributed by atoms with E-state index >= 15 is 0 Å². The highest BCUT2D eigenvalue weighted by atomic mass is 32.1. The van der Waals surface area contributed by atoms with E-state index in [4.69, 9.17) is 0 Å². The molecule has 0 unspecified atom stereocenters. The Morgan fingerprint density at radius 2 is 2.00 bits per heavy atom. The van der Waals surface area contributed by atoms with Crippen molar-refractivity contribution in [2.75, 3.05) is 5.32 Å². The van der Waals surface area contributed by atoms with Crippen LogP contribution in [-0.4, -0.2) is 6.03 Å². The van der Waals surface area contributed by atoms with Crippen LogP contribution in [0.3, 0.4) is 0 Å². The van der Waals surface area contributed by atoms with Crippen LogP contribution >= 0.6 is 11.3 Å². The number of hydrogen-bond acceptors (Lipinski definition) is 2. The van der Waals surface area contributed by atoms with Gasteiger partial charge in [0, 0.05) is 11.9 Å². The average molecular weight is 258 g/mol. The van der Waals surface area contributed by atoms with Gasteiger partial charge in [0.2, 0.25) is 0 Å². The fraction of sp³-hybridized carbons (Fsp3) is 0.0714. The Balaban J connectivity index is 1.84. The molecule has 0 bridgehead atoms. The minimum Gasteiger partial charge on any atom is -0.314 e. The standard InChI is InChI=1S/C14H14N2OS/c1-11-2-4-13(5-3-11)16-14(17)15-8-6-12-7-9-18-10-12/h2-10H,1H3,(H2,15,16,17)/b8-6+. The lowest BCUT2D eigenvalue weighted by atomic mass is 10.2. The molecule has 0 aliphatic heterocycles. The molecule has 0 radical (unpaired) electrons. The molecule has 0 spiro atoms. The molecule has 0 saturated heterocycles. The normalized spacial score (nSPS) is 10.5. The summed E-state index contributed by atoms with van der Waals surface area (Å²) >= 11 is 1.62. The molecule has 92 valence electrons. The lowest BCUT2D eigenvalue weighted by Crippen LogP contribution is -2.23. The van der Waals surface area contributed by atoms with E-state index in [2.05, 4.69) is 10.6 Å². The summed E-state index contributed by atoms with van der Waals surface area (Å²) in [6.45, 7) is 2.01. The quantitative estimate of drug-likeness (QED) is 0.862. The summed E-state index contributed by atoms with van der Waals surface area (Å²) in [7, 11) is 0. The molecule has 2 aromatic rings. The van der Waals surface area contributed by atoms with Crippen molar-refractivity contribution in [3.8, 4) is 0 Å². The number of carbonyl (C=O) groups excluding carboxylic acids is 1. The van der Waals surface area contributed by atoms with Crippen LogP contribution in [0.2, 0.25) is 0 Å². The molecule has 4 heteroatoms. The molecule has 1 aromatic heterocycles. The Labute approximate surface area is 110 Å². The molecule has 1 aromatic carbocycles. The Kier molecular flexibility index (Phi) is 4.15. The van der Waals surface area contributed by atoms with Gasteiger partial charge in [-0.3, -0.25) is 0 Å². The average Bonchev–Trinajstić information content (AvgIpc) is 2.85. The summed E-state index contributed by atoms with van der Waals surface area (Å²) in [5.74, 6) is 0. The molecule has 0 atom stereocenters. The van der Waals surface area contributed by atoms with Crippen LogP contribution in [0.1, 0.15) is 11.1 Å². The minimum absolute atomic E-state index is 0.245. The van der Waals surface area contributed by atoms with Gasteiger partial charge in [-0.15, -0.1) is 0 Å². The van der Waals surface area contributed by atoms with E-state index in [1.807, 2.05) is 54.1 Å². The van der Waals surface area contributed by atoms with Crippen LogP contribution in [0.25, 0.3) is 6.08 Å². The van der Waals surface area contributed by atoms with Crippen molar-refractivity contribution < 1.29 is 4.79 Å². The highest BCUT2D eigenvalue weighted by Gasteiger charge is 1.98. The van der Waals surface area contributed by atoms with Crippen molar-refractivity contribution in [1.82, 2.24) is 5.32 Å². The topological polar surface area (TPSA) is 41.1 Å². The fourth-order valence-corrected chi connectivity index (χ4v) is 2.02. The van der Waals surface area contributed by atoms with E-state index in [0.717, 1.165) is 11.3 Å². The third-order valence-electron chi connectivity index (χ3n) is 2.34. The van der Waals surface area contributed by atoms with Crippen LogP contribution < -0.4 is 10.6 Å². The predicted octanol–water partition coefficient (Wildman–Crippen LogP) is 3.85. The number of anilines is 1. The van der Waals surface area contributed by atoms with Crippen LogP contribution in [-0.2, 0) is 0 Å². The molecule has 0 aliphatic rings. The van der Waals surface area contributed by atoms with Crippen LogP contribution in [0.15, 0.2) is 47.3 Å². The maximum atomic E-state index is 11.6. The number of thiophene rings is 1. The van der Waals surface area contributed by atoms with Gasteiger partial charge in [-0.1, -0.05) is 17.7 Å². The SMILES string of the molecule is Cc1ccc(NC(=O)N/C=C/c2ccsc2)cc1. The van der Waals surface area contributed by atoms with E-state index < -0.39 is 0 Å². The maximum Gasteiger partial charge on any atom is 0.323 e. The van der Waals surface area contributed by atoms with Gasteiger partial charge < -0.3 is 10.6 Å². The van der Waals surface area contributed by atoms with Gasteiger partial charge in [-0.2, -0.15) is 11.3 Å². The third-order valence-corrected chi connectivity index (χ3v) is 3.04. The van der Waals surface area contributed by atoms with E-state index in [1.165, 1.54) is 5.56 Å². The van der Waals surface area contributed by atoms with Gasteiger partial charge in [0.05, 0.1) is 0 Å². The van der Waals surface area contributed by atoms with Crippen LogP contribution in [0.4, 0.5) is 10.5 Å². The molecule has 0 aliphatic carbocycles. The highest BCUT2D eigenvalue weighted by molar-refractivity contribution is 7.08. The summed E-state index contributed by atoms with van der Waals surface area (Å²) in [6, 6.07) is 9.40. The van der Waals surface area contributed by atoms with Crippen molar-refractivity contribution in [2.24, 2.45) is 0 Å². The van der Waals surface area contributed by atoms with Crippen LogP contribution in [0, 0.1) is 6.92 Å². The first-order valence-electron chi connectivity index (χ1n) is 5.57. The van der Waals surface area contributed by atoms with Crippen molar-refractivity contribution in [2.45, 2.75) is 6.92 Å². The van der Waals surface area contributed by atoms with E-state index in [9.17, 15) is 4.79 Å². The van der Waals surface area contributed by atoms with Crippen molar-refractivity contribution in [3.05, 3.63) is 58.4 Å². The van der Waals surface area contributed by atoms with Gasteiger partial charge in [-0.05, 0) is 47.5 Å². The summed E-state index contributed by atoms with van der Waals surface area (Å²) < 4.78 is 0. The first kappa shape index (κ1) is 12.4. The molecule has 2 rings (SSSR count). The lowest BCUT2D eigenvalue weighted by Gasteiger charge is -2.04. The Bertz CT molecular complexity index is 529. The molecule has 2 amide bonds. The molecule has 0 saturated carbocycles. The zero-order valence-corrected chi connectivity index (χ0v) is 10.8. The van der Waals surface area contributed by atoms with Gasteiger partial charge in [0.25, 0.3) is 0 Å². The number of hydrogen-bond donors (Lipinski definition) is 2. The summed E-state index contributed by atoms with van der Waals surface area (Å²) in [4.78, 5) is 11.6. The number of carbonyl (C=O) groups is 1. The molecule has 2 N–H and O–H groups in total. The Morgan fingerprint density at radius 3 is 2.67 bits per heavy atom. The monoisotopic (exact) mass is 258 g/mol. The number of aryl methyl sites for hydroxylation is 1. The zero-order valence-electron chi connectivity index (χ0n) is 10.0. The summed E-state index contributed by atoms with van der Waals surface area (Å²) in [5.41, 5.74) is 3.02. The minimum atomic E-state index is -0.245. The smallest absolute Gasteiger partial charge is 0.314 e. The lowest BCUT2D eigenvalue weighted by molar-refractivity contribution is 0.255. The second-order valence-corrected chi connectivity index (χ2v) is 4.63. The molecule has 18 heavy (non-hydrogen) atoms. The first-order chi connectivity index (χ1) is 8.74. The van der Waals surface area contributed by atoms with Gasteiger partial charge in [0.15, 0.2) is 0 Å². The molecule has 3 nitrogen and oxygen atoms in total. The summed E-state index contributed by atoms with van der Waals surface area (Å²) in [5, 5.41) is 9.41. The second kappa shape index (κ2) is 6.02. The number of urea groups is 1. The first-order valence-corrected chi connectivity index (χ1v) is 6.51. The van der Waals surface area contributed by atoms with E-state index in [1.54, 1.807) is 17.5 Å². The van der Waals surface area contributed by atoms with Crippen molar-refractivity contribution in [3.63, 3.8) is 0 Å². The molecular formula is C14H14N2OS. The molecule has 0 fully saturated rings. The highest BCUT2D eigenvalue weighted by Crippen LogP contribution is 2.08. The third kappa shape index (κ3) is 3.75. The van der Waals surface area contributed by atoms with E-state index in [0.29, 0.717) is 0 Å². The Hall–Kier alpha value is -2.07. The fourth-order valence-electron chi connectivity index (χ4n) is 1.39. The zero-order chi connectivity index (χ0) is 12.8. The van der Waals surface area contributed by atoms with Gasteiger partial charge in [0.1, 0.15) is 0 Å². The number of benzene rings is 1. The molecule has 1 heterocycles. The number of amides is 2. The summed E-state index contributed by atoms with van der Waals surface area (Å²) in [6.07, 6.45) is 3.48. The maximum absolute atomic E-state index is 11.6. The van der Waals surface area contributed by atoms with E-state index in [-0.39, 0.29) is 6.03 Å². The second-order valence-electron chi connectivity index (χ2n) is 3.85. The van der Waals surface area contributed by atoms with Gasteiger partial charge >= 0.3 is 6.03 Å². The van der Waals surface area contributed by atoms with Crippen molar-refractivity contribution in [1.29, 1.82) is 0 Å².